The van der Waals surface area contributed by atoms with Crippen LogP contribution in [0.25, 0.3) is 0 Å². The van der Waals surface area contributed by atoms with Gasteiger partial charge in [-0.1, -0.05) is 76.3 Å². The van der Waals surface area contributed by atoms with Gasteiger partial charge in [-0.15, -0.1) is 0 Å². The minimum Gasteiger partial charge on any atom is -0.355 e. The highest BCUT2D eigenvalue weighted by atomic mass is 32.2. The molecule has 7 heteroatoms. The summed E-state index contributed by atoms with van der Waals surface area (Å²) in [7, 11) is -3.21. The maximum atomic E-state index is 13.0. The number of benzene rings is 1. The van der Waals surface area contributed by atoms with Gasteiger partial charge in [-0.3, -0.25) is 0 Å². The summed E-state index contributed by atoms with van der Waals surface area (Å²) in [5, 5.41) is 0. The lowest BCUT2D eigenvalue weighted by Gasteiger charge is -2.26. The number of aryl methyl sites for hydroxylation is 2. The predicted molar refractivity (Wildman–Crippen MR) is 141 cm³/mol. The van der Waals surface area contributed by atoms with Crippen molar-refractivity contribution in [2.75, 3.05) is 36.8 Å². The van der Waals surface area contributed by atoms with Crippen molar-refractivity contribution in [3.63, 3.8) is 0 Å². The first-order valence-corrected chi connectivity index (χ1v) is 14.7. The van der Waals surface area contributed by atoms with E-state index in [0.717, 1.165) is 62.4 Å². The molecule has 1 aromatic carbocycles. The van der Waals surface area contributed by atoms with Gasteiger partial charge in [0.15, 0.2) is 0 Å². The molecule has 0 amide bonds. The highest BCUT2D eigenvalue weighted by Crippen LogP contribution is 2.26. The maximum absolute atomic E-state index is 13.0. The summed E-state index contributed by atoms with van der Waals surface area (Å²) < 4.78 is 27.7. The number of unbranched alkanes of at least 4 members (excludes halogenated alkanes) is 5. The van der Waals surface area contributed by atoms with E-state index in [1.165, 1.54) is 30.4 Å². The number of sulfonamides is 1. The molecule has 0 aliphatic carbocycles. The van der Waals surface area contributed by atoms with E-state index in [4.69, 9.17) is 9.97 Å². The van der Waals surface area contributed by atoms with Crippen molar-refractivity contribution < 1.29 is 8.42 Å². The number of anilines is 1. The minimum atomic E-state index is -3.21. The zero-order valence-corrected chi connectivity index (χ0v) is 22.1. The summed E-state index contributed by atoms with van der Waals surface area (Å²) >= 11 is 0. The SMILES string of the molecule is CCCCCCCCS(=O)(=O)N1CCCN(c2nc(C)nc(CC)c2Cc2ccccc2)CC1. The van der Waals surface area contributed by atoms with Gasteiger partial charge in [0, 0.05) is 43.9 Å². The number of hydrogen-bond donors (Lipinski definition) is 0. The van der Waals surface area contributed by atoms with Crippen LogP contribution in [0.4, 0.5) is 5.82 Å². The molecule has 0 atom stereocenters. The Morgan fingerprint density at radius 3 is 2.35 bits per heavy atom. The lowest BCUT2D eigenvalue weighted by atomic mass is 10.0. The third kappa shape index (κ3) is 7.51. The normalized spacial score (nSPS) is 15.4. The molecule has 0 bridgehead atoms. The highest BCUT2D eigenvalue weighted by Gasteiger charge is 2.27. The Morgan fingerprint density at radius 1 is 0.882 bits per heavy atom. The van der Waals surface area contributed by atoms with E-state index in [1.54, 1.807) is 4.31 Å². The molecule has 3 rings (SSSR count). The number of aromatic nitrogens is 2. The predicted octanol–water partition coefficient (Wildman–Crippen LogP) is 5.14. The van der Waals surface area contributed by atoms with Crippen molar-refractivity contribution in [3.05, 3.63) is 53.0 Å². The van der Waals surface area contributed by atoms with E-state index in [9.17, 15) is 8.42 Å². The molecule has 0 spiro atoms. The van der Waals surface area contributed by atoms with Crippen LogP contribution >= 0.6 is 0 Å². The van der Waals surface area contributed by atoms with Gasteiger partial charge >= 0.3 is 0 Å². The van der Waals surface area contributed by atoms with Gasteiger partial charge in [0.25, 0.3) is 0 Å². The summed E-state index contributed by atoms with van der Waals surface area (Å²) in [4.78, 5) is 11.9. The smallest absolute Gasteiger partial charge is 0.214 e. The summed E-state index contributed by atoms with van der Waals surface area (Å²) in [5.41, 5.74) is 3.50. The Kier molecular flexibility index (Phi) is 10.3. The van der Waals surface area contributed by atoms with E-state index in [-0.39, 0.29) is 5.75 Å². The fourth-order valence-corrected chi connectivity index (χ4v) is 6.34. The van der Waals surface area contributed by atoms with Crippen LogP contribution in [0.2, 0.25) is 0 Å². The molecule has 2 heterocycles. The van der Waals surface area contributed by atoms with E-state index in [0.29, 0.717) is 19.6 Å². The first kappa shape index (κ1) is 26.6. The van der Waals surface area contributed by atoms with Crippen LogP contribution in [0.1, 0.15) is 81.4 Å². The second kappa shape index (κ2) is 13.2. The molecule has 1 saturated heterocycles. The second-order valence-electron chi connectivity index (χ2n) is 9.36. The van der Waals surface area contributed by atoms with Crippen molar-refractivity contribution in [2.45, 2.75) is 78.6 Å². The first-order valence-electron chi connectivity index (χ1n) is 13.1. The Balaban J connectivity index is 1.70. The number of nitrogens with zero attached hydrogens (tertiary/aromatic N) is 4. The molecule has 188 valence electrons. The van der Waals surface area contributed by atoms with Gasteiger partial charge in [-0.2, -0.15) is 0 Å². The Morgan fingerprint density at radius 2 is 1.62 bits per heavy atom. The van der Waals surface area contributed by atoms with E-state index in [1.807, 2.05) is 13.0 Å². The Labute approximate surface area is 206 Å². The molecule has 0 saturated carbocycles. The third-order valence-corrected chi connectivity index (χ3v) is 8.60. The molecule has 0 N–H and O–H groups in total. The molecular formula is C27H42N4O2S. The van der Waals surface area contributed by atoms with Crippen LogP contribution < -0.4 is 4.90 Å². The molecule has 1 aromatic heterocycles. The first-order chi connectivity index (χ1) is 16.4. The van der Waals surface area contributed by atoms with Crippen LogP contribution in [0.5, 0.6) is 0 Å². The van der Waals surface area contributed by atoms with Gasteiger partial charge in [0.1, 0.15) is 11.6 Å². The summed E-state index contributed by atoms with van der Waals surface area (Å²) in [6.45, 7) is 8.87. The highest BCUT2D eigenvalue weighted by molar-refractivity contribution is 7.89. The molecule has 0 radical (unpaired) electrons. The molecule has 6 nitrogen and oxygen atoms in total. The Hall–Kier alpha value is -1.99. The van der Waals surface area contributed by atoms with Crippen molar-refractivity contribution in [1.82, 2.24) is 14.3 Å². The fraction of sp³-hybridized carbons (Fsp3) is 0.630. The van der Waals surface area contributed by atoms with Crippen molar-refractivity contribution in [2.24, 2.45) is 0 Å². The summed E-state index contributed by atoms with van der Waals surface area (Å²) in [6, 6.07) is 10.4. The van der Waals surface area contributed by atoms with Crippen LogP contribution in [0.15, 0.2) is 30.3 Å². The largest absolute Gasteiger partial charge is 0.355 e. The van der Waals surface area contributed by atoms with Crippen molar-refractivity contribution >= 4 is 15.8 Å². The maximum Gasteiger partial charge on any atom is 0.214 e. The van der Waals surface area contributed by atoms with Crippen molar-refractivity contribution in [3.8, 4) is 0 Å². The van der Waals surface area contributed by atoms with Gasteiger partial charge in [0.05, 0.1) is 5.75 Å². The standard InChI is InChI=1S/C27H42N4O2S/c1-4-6-7-8-9-13-21-34(32,33)31-18-14-17-30(19-20-31)27-25(22-24-15-11-10-12-16-24)26(5-2)28-23(3)29-27/h10-12,15-16H,4-9,13-14,17-22H2,1-3H3. The Bertz CT molecular complexity index is 995. The van der Waals surface area contributed by atoms with E-state index >= 15 is 0 Å². The minimum absolute atomic E-state index is 0.269. The van der Waals surface area contributed by atoms with Crippen LogP contribution in [0.3, 0.4) is 0 Å². The molecule has 1 aliphatic heterocycles. The van der Waals surface area contributed by atoms with Crippen LogP contribution in [0, 0.1) is 6.92 Å². The topological polar surface area (TPSA) is 66.4 Å². The zero-order chi connectivity index (χ0) is 24.4. The molecule has 1 aliphatic rings. The van der Waals surface area contributed by atoms with Gasteiger partial charge < -0.3 is 4.90 Å². The third-order valence-electron chi connectivity index (χ3n) is 6.64. The molecule has 1 fully saturated rings. The number of rotatable bonds is 12. The summed E-state index contributed by atoms with van der Waals surface area (Å²) in [6.07, 6.45) is 9.00. The lowest BCUT2D eigenvalue weighted by Crippen LogP contribution is -2.37. The van der Waals surface area contributed by atoms with Crippen molar-refractivity contribution in [1.29, 1.82) is 0 Å². The van der Waals surface area contributed by atoms with E-state index in [2.05, 4.69) is 43.0 Å². The van der Waals surface area contributed by atoms with Crippen LogP contribution in [-0.2, 0) is 22.9 Å². The van der Waals surface area contributed by atoms with Crippen LogP contribution in [-0.4, -0.2) is 54.6 Å². The molecule has 34 heavy (non-hydrogen) atoms. The van der Waals surface area contributed by atoms with Gasteiger partial charge in [-0.25, -0.2) is 22.7 Å². The number of hydrogen-bond acceptors (Lipinski definition) is 5. The van der Waals surface area contributed by atoms with Gasteiger partial charge in [0.2, 0.25) is 10.0 Å². The molecule has 0 unspecified atom stereocenters. The average Bonchev–Trinajstić information content (AvgIpc) is 3.10. The molecular weight excluding hydrogens is 444 g/mol. The average molecular weight is 487 g/mol. The van der Waals surface area contributed by atoms with Gasteiger partial charge in [-0.05, 0) is 31.7 Å². The van der Waals surface area contributed by atoms with E-state index < -0.39 is 10.0 Å². The zero-order valence-electron chi connectivity index (χ0n) is 21.3. The molecule has 2 aromatic rings. The quantitative estimate of drug-likeness (QED) is 0.389. The summed E-state index contributed by atoms with van der Waals surface area (Å²) in [5.74, 6) is 2.02. The second-order valence-corrected chi connectivity index (χ2v) is 11.4. The lowest BCUT2D eigenvalue weighted by molar-refractivity contribution is 0.431. The fourth-order valence-electron chi connectivity index (χ4n) is 4.75. The monoisotopic (exact) mass is 486 g/mol.